The van der Waals surface area contributed by atoms with E-state index in [9.17, 15) is 27.6 Å². The largest absolute Gasteiger partial charge is 0.374 e. The number of anilines is 3. The molecule has 1 atom stereocenters. The number of amides is 3. The zero-order valence-corrected chi connectivity index (χ0v) is 36.1. The molecule has 0 radical (unpaired) electrons. The Hall–Kier alpha value is -6.20. The first kappa shape index (κ1) is 43.1. The number of halogens is 2. The van der Waals surface area contributed by atoms with Crippen LogP contribution in [0.15, 0.2) is 79.1 Å². The van der Waals surface area contributed by atoms with Gasteiger partial charge in [-0.25, -0.2) is 22.2 Å². The van der Waals surface area contributed by atoms with E-state index in [1.54, 1.807) is 12.3 Å². The molecule has 0 bridgehead atoms. The minimum absolute atomic E-state index is 0.00308. The van der Waals surface area contributed by atoms with Gasteiger partial charge in [-0.15, -0.1) is 0 Å². The van der Waals surface area contributed by atoms with Gasteiger partial charge in [-0.05, 0) is 105 Å². The number of pyridine rings is 1. The first-order chi connectivity index (χ1) is 30.9. The summed E-state index contributed by atoms with van der Waals surface area (Å²) in [5.74, 6) is -3.32. The summed E-state index contributed by atoms with van der Waals surface area (Å²) < 4.78 is 58.9. The summed E-state index contributed by atoms with van der Waals surface area (Å²) in [6, 6.07) is 19.2. The van der Waals surface area contributed by atoms with Gasteiger partial charge in [0.1, 0.15) is 17.5 Å². The number of nitrogens with zero attached hydrogens (tertiary/aromatic N) is 4. The highest BCUT2D eigenvalue weighted by atomic mass is 32.2. The van der Waals surface area contributed by atoms with Crippen molar-refractivity contribution in [3.05, 3.63) is 107 Å². The van der Waals surface area contributed by atoms with Crippen LogP contribution in [-0.2, 0) is 24.4 Å². The molecule has 4 aliphatic rings. The number of aromatic amines is 1. The lowest BCUT2D eigenvalue weighted by Crippen LogP contribution is -2.51. The lowest BCUT2D eigenvalue weighted by molar-refractivity contribution is -0.134. The number of H-pyrrole nitrogens is 1. The van der Waals surface area contributed by atoms with E-state index in [2.05, 4.69) is 47.3 Å². The van der Waals surface area contributed by atoms with Crippen molar-refractivity contribution >= 4 is 61.6 Å². The Morgan fingerprint density at radius 1 is 0.828 bits per heavy atom. The van der Waals surface area contributed by atoms with Gasteiger partial charge >= 0.3 is 0 Å². The molecule has 3 aromatic carbocycles. The molecule has 0 spiro atoms. The maximum Gasteiger partial charge on any atom is 0.249 e. The third-order valence-electron chi connectivity index (χ3n) is 13.2. The van der Waals surface area contributed by atoms with Crippen molar-refractivity contribution < 1.29 is 36.4 Å². The van der Waals surface area contributed by atoms with Gasteiger partial charge in [-0.1, -0.05) is 37.1 Å². The molecule has 5 heterocycles. The smallest absolute Gasteiger partial charge is 0.249 e. The van der Waals surface area contributed by atoms with Crippen molar-refractivity contribution in [2.75, 3.05) is 60.8 Å². The summed E-state index contributed by atoms with van der Waals surface area (Å²) in [7, 11) is -3.92. The molecule has 1 unspecified atom stereocenters. The highest BCUT2D eigenvalue weighted by Crippen LogP contribution is 2.33. The van der Waals surface area contributed by atoms with Gasteiger partial charge < -0.3 is 20.1 Å². The molecule has 4 fully saturated rings. The van der Waals surface area contributed by atoms with E-state index in [0.29, 0.717) is 80.9 Å². The van der Waals surface area contributed by atoms with Gasteiger partial charge in [0.05, 0.1) is 23.0 Å². The van der Waals surface area contributed by atoms with Crippen molar-refractivity contribution in [1.82, 2.24) is 25.1 Å². The normalized spacial score (nSPS) is 19.2. The molecule has 1 aliphatic carbocycles. The molecule has 3 saturated heterocycles. The summed E-state index contributed by atoms with van der Waals surface area (Å²) in [6.07, 6.45) is 8.12. The molecule has 9 rings (SSSR count). The van der Waals surface area contributed by atoms with Crippen molar-refractivity contribution in [1.29, 1.82) is 0 Å². The van der Waals surface area contributed by atoms with Gasteiger partial charge in [0, 0.05) is 72.9 Å². The van der Waals surface area contributed by atoms with Crippen LogP contribution in [0.4, 0.5) is 25.8 Å². The number of piperidine rings is 2. The number of carbonyl (C=O) groups is 4. The fraction of sp³-hybridized carbons (Fsp3) is 0.383. The lowest BCUT2D eigenvalue weighted by atomic mass is 9.89. The van der Waals surface area contributed by atoms with E-state index in [1.807, 2.05) is 41.3 Å². The van der Waals surface area contributed by atoms with Gasteiger partial charge in [-0.3, -0.25) is 34.1 Å². The molecule has 64 heavy (non-hydrogen) atoms. The number of hydrogen-bond acceptors (Lipinski definition) is 10. The van der Waals surface area contributed by atoms with Crippen molar-refractivity contribution in [3.63, 3.8) is 0 Å². The first-order valence-corrected chi connectivity index (χ1v) is 23.5. The maximum atomic E-state index is 15.8. The number of sulfonamides is 1. The van der Waals surface area contributed by atoms with Gasteiger partial charge in [0.15, 0.2) is 5.82 Å². The number of benzene rings is 3. The quantitative estimate of drug-likeness (QED) is 0.0838. The van der Waals surface area contributed by atoms with Gasteiger partial charge in [0.2, 0.25) is 33.5 Å². The molecular weight excluding hydrogens is 843 g/mol. The third kappa shape index (κ3) is 9.09. The summed E-state index contributed by atoms with van der Waals surface area (Å²) in [5.41, 5.74) is 3.60. The zero-order chi connectivity index (χ0) is 44.5. The van der Waals surface area contributed by atoms with Crippen LogP contribution in [0.5, 0.6) is 0 Å². The second kappa shape index (κ2) is 18.1. The first-order valence-electron chi connectivity index (χ1n) is 22.0. The Kier molecular flexibility index (Phi) is 12.2. The Labute approximate surface area is 369 Å². The highest BCUT2D eigenvalue weighted by molar-refractivity contribution is 7.93. The fourth-order valence-corrected chi connectivity index (χ4v) is 11.0. The number of likely N-dealkylation sites (tertiary alicyclic amines) is 1. The molecule has 5 aromatic rings. The van der Waals surface area contributed by atoms with Crippen LogP contribution in [0.25, 0.3) is 22.2 Å². The van der Waals surface area contributed by atoms with E-state index in [4.69, 9.17) is 0 Å². The molecule has 1 saturated carbocycles. The van der Waals surface area contributed by atoms with Crippen LogP contribution in [-0.4, -0.2) is 109 Å². The van der Waals surface area contributed by atoms with Crippen LogP contribution in [0.2, 0.25) is 0 Å². The Bertz CT molecular complexity index is 2690. The monoisotopic (exact) mass is 892 g/mol. The van der Waals surface area contributed by atoms with E-state index >= 15 is 8.78 Å². The van der Waals surface area contributed by atoms with E-state index < -0.39 is 50.0 Å². The number of hydrogen-bond donors (Lipinski definition) is 4. The number of rotatable bonds is 12. The molecule has 17 heteroatoms. The predicted molar refractivity (Wildman–Crippen MR) is 240 cm³/mol. The zero-order valence-electron chi connectivity index (χ0n) is 35.2. The highest BCUT2D eigenvalue weighted by Gasteiger charge is 2.32. The summed E-state index contributed by atoms with van der Waals surface area (Å²) in [4.78, 5) is 64.5. The van der Waals surface area contributed by atoms with E-state index in [-0.39, 0.29) is 23.3 Å². The third-order valence-corrected chi connectivity index (χ3v) is 15.0. The molecular formula is C47H50F2N8O6S. The number of nitrogens with one attached hydrogen (secondary N) is 4. The number of fused-ring (bicyclic) bond motifs is 1. The van der Waals surface area contributed by atoms with Crippen LogP contribution in [0.3, 0.4) is 0 Å². The molecule has 4 N–H and O–H groups in total. The molecule has 2 aromatic heterocycles. The number of aromatic nitrogens is 2. The maximum absolute atomic E-state index is 15.8. The standard InChI is InChI=1S/C47H50F2N8O6S/c48-38-13-14-39(54-64(62,63)35-3-1-2-4-35)44(49)43(38)45(60)37-27-51-46-36(37)25-32(26-50-46)30-7-11-34(12-8-30)56-21-23-57(24-22-56)42(59)28-55-19-17-31(18-20-55)29-5-9-33(10-6-29)52-40-15-16-41(58)53-47(40)61/h5-14,25-27,31,35,40,52,54H,1-4,15-24,28H2,(H,50,51)(H,53,58,61). The van der Waals surface area contributed by atoms with Crippen LogP contribution in [0.1, 0.15) is 78.8 Å². The van der Waals surface area contributed by atoms with E-state index in [1.165, 1.54) is 11.8 Å². The Morgan fingerprint density at radius 3 is 2.25 bits per heavy atom. The van der Waals surface area contributed by atoms with Crippen molar-refractivity contribution in [2.24, 2.45) is 0 Å². The van der Waals surface area contributed by atoms with Crippen LogP contribution in [0, 0.1) is 11.6 Å². The minimum atomic E-state index is -3.92. The average molecular weight is 893 g/mol. The predicted octanol–water partition coefficient (Wildman–Crippen LogP) is 6.17. The molecule has 334 valence electrons. The second-order valence-electron chi connectivity index (χ2n) is 17.2. The van der Waals surface area contributed by atoms with Crippen molar-refractivity contribution in [2.45, 2.75) is 68.6 Å². The summed E-state index contributed by atoms with van der Waals surface area (Å²) >= 11 is 0. The van der Waals surface area contributed by atoms with Crippen molar-refractivity contribution in [3.8, 4) is 11.1 Å². The number of carbonyl (C=O) groups excluding carboxylic acids is 4. The number of piperazine rings is 1. The topological polar surface area (TPSA) is 177 Å². The van der Waals surface area contributed by atoms with Gasteiger partial charge in [-0.2, -0.15) is 0 Å². The fourth-order valence-electron chi connectivity index (χ4n) is 9.44. The SMILES string of the molecule is O=C1CCC(Nc2ccc(C3CCN(CC(=O)N4CCN(c5ccc(-c6cnc7[nH]cc(C(=O)c8c(F)ccc(NS(=O)(=O)C9CCCC9)c8F)c7c6)cc5)CC4)CC3)cc2)C(=O)N1. The Morgan fingerprint density at radius 2 is 1.55 bits per heavy atom. The second-order valence-corrected chi connectivity index (χ2v) is 19.2. The minimum Gasteiger partial charge on any atom is -0.374 e. The number of ketones is 1. The van der Waals surface area contributed by atoms with E-state index in [0.717, 1.165) is 67.8 Å². The molecule has 3 amide bonds. The lowest BCUT2D eigenvalue weighted by Gasteiger charge is -2.38. The molecule has 3 aliphatic heterocycles. The average Bonchev–Trinajstić information content (AvgIpc) is 4.01. The number of imide groups is 1. The summed E-state index contributed by atoms with van der Waals surface area (Å²) in [5, 5.41) is 5.30. The van der Waals surface area contributed by atoms with Crippen LogP contribution < -0.4 is 20.3 Å². The van der Waals surface area contributed by atoms with Crippen LogP contribution >= 0.6 is 0 Å². The van der Waals surface area contributed by atoms with Gasteiger partial charge in [0.25, 0.3) is 0 Å². The summed E-state index contributed by atoms with van der Waals surface area (Å²) in [6.45, 7) is 4.64. The molecule has 14 nitrogen and oxygen atoms in total. The Balaban J connectivity index is 0.771.